The van der Waals surface area contributed by atoms with E-state index in [1.54, 1.807) is 0 Å². The molecule has 18 heavy (non-hydrogen) atoms. The molecule has 0 spiro atoms. The van der Waals surface area contributed by atoms with Crippen LogP contribution in [0.5, 0.6) is 0 Å². The van der Waals surface area contributed by atoms with Crippen molar-refractivity contribution in [1.29, 1.82) is 0 Å². The van der Waals surface area contributed by atoms with Gasteiger partial charge in [-0.3, -0.25) is 0 Å². The summed E-state index contributed by atoms with van der Waals surface area (Å²) in [5, 5.41) is 0. The molecule has 2 heteroatoms. The SMILES string of the molecule is CC(C)N(B(C1CCCC1)C1CCCC1)C(C)C. The lowest BCUT2D eigenvalue weighted by Gasteiger charge is -2.42. The summed E-state index contributed by atoms with van der Waals surface area (Å²) in [4.78, 5) is 2.85. The van der Waals surface area contributed by atoms with Gasteiger partial charge in [0.05, 0.1) is 0 Å². The van der Waals surface area contributed by atoms with Crippen molar-refractivity contribution in [2.75, 3.05) is 0 Å². The van der Waals surface area contributed by atoms with Crippen LogP contribution in [0, 0.1) is 0 Å². The molecule has 1 nitrogen and oxygen atoms in total. The highest BCUT2D eigenvalue weighted by Crippen LogP contribution is 2.45. The molecule has 0 aromatic rings. The number of nitrogens with zero attached hydrogens (tertiary/aromatic N) is 1. The number of rotatable bonds is 5. The third kappa shape index (κ3) is 3.12. The number of hydrogen-bond donors (Lipinski definition) is 0. The monoisotopic (exact) mass is 249 g/mol. The first-order valence-electron chi connectivity index (χ1n) is 8.38. The molecule has 104 valence electrons. The predicted octanol–water partition coefficient (Wildman–Crippen LogP) is 4.99. The smallest absolute Gasteiger partial charge is 0.230 e. The van der Waals surface area contributed by atoms with E-state index in [0.717, 1.165) is 18.5 Å². The zero-order valence-electron chi connectivity index (χ0n) is 13.0. The van der Waals surface area contributed by atoms with Gasteiger partial charge in [-0.2, -0.15) is 0 Å². The molecule has 2 aliphatic rings. The molecule has 0 aliphatic heterocycles. The first-order valence-corrected chi connectivity index (χ1v) is 8.38. The Morgan fingerprint density at radius 1 is 0.722 bits per heavy atom. The summed E-state index contributed by atoms with van der Waals surface area (Å²) in [6.07, 6.45) is 11.9. The molecule has 2 aliphatic carbocycles. The van der Waals surface area contributed by atoms with E-state index < -0.39 is 0 Å². The Labute approximate surface area is 115 Å². The lowest BCUT2D eigenvalue weighted by molar-refractivity contribution is 0.290. The summed E-state index contributed by atoms with van der Waals surface area (Å²) >= 11 is 0. The third-order valence-electron chi connectivity index (χ3n) is 5.30. The van der Waals surface area contributed by atoms with Crippen molar-refractivity contribution >= 4 is 6.85 Å². The van der Waals surface area contributed by atoms with Gasteiger partial charge in [0.25, 0.3) is 0 Å². The van der Waals surface area contributed by atoms with Crippen LogP contribution in [-0.4, -0.2) is 23.7 Å². The van der Waals surface area contributed by atoms with Crippen molar-refractivity contribution in [3.63, 3.8) is 0 Å². The van der Waals surface area contributed by atoms with Crippen LogP contribution in [0.1, 0.15) is 79.1 Å². The van der Waals surface area contributed by atoms with Gasteiger partial charge in [-0.15, -0.1) is 0 Å². The van der Waals surface area contributed by atoms with Gasteiger partial charge < -0.3 is 4.81 Å². The third-order valence-corrected chi connectivity index (χ3v) is 5.30. The predicted molar refractivity (Wildman–Crippen MR) is 82.3 cm³/mol. The molecule has 0 N–H and O–H groups in total. The van der Waals surface area contributed by atoms with Crippen molar-refractivity contribution < 1.29 is 0 Å². The molecule has 0 unspecified atom stereocenters. The van der Waals surface area contributed by atoms with Crippen LogP contribution >= 0.6 is 0 Å². The maximum absolute atomic E-state index is 2.85. The van der Waals surface area contributed by atoms with E-state index in [0.29, 0.717) is 12.1 Å². The molecule has 0 atom stereocenters. The van der Waals surface area contributed by atoms with Gasteiger partial charge in [-0.1, -0.05) is 79.1 Å². The second kappa shape index (κ2) is 6.46. The lowest BCUT2D eigenvalue weighted by atomic mass is 9.40. The second-order valence-corrected chi connectivity index (χ2v) is 7.21. The normalized spacial score (nSPS) is 22.8. The Bertz CT molecular complexity index is 215. The quantitative estimate of drug-likeness (QED) is 0.621. The average Bonchev–Trinajstić information content (AvgIpc) is 2.98. The van der Waals surface area contributed by atoms with Crippen LogP contribution in [0.15, 0.2) is 0 Å². The highest BCUT2D eigenvalue weighted by atomic mass is 15.1. The van der Waals surface area contributed by atoms with Crippen molar-refractivity contribution in [2.45, 2.75) is 103 Å². The molecule has 0 saturated heterocycles. The maximum atomic E-state index is 2.85. The average molecular weight is 249 g/mol. The summed E-state index contributed by atoms with van der Waals surface area (Å²) in [6.45, 7) is 10.5. The van der Waals surface area contributed by atoms with E-state index in [-0.39, 0.29) is 0 Å². The van der Waals surface area contributed by atoms with Crippen LogP contribution in [0.4, 0.5) is 0 Å². The molecule has 0 aromatic carbocycles. The van der Waals surface area contributed by atoms with Crippen molar-refractivity contribution in [3.05, 3.63) is 0 Å². The first-order chi connectivity index (χ1) is 8.61. The van der Waals surface area contributed by atoms with Gasteiger partial charge >= 0.3 is 0 Å². The Morgan fingerprint density at radius 3 is 1.33 bits per heavy atom. The summed E-state index contributed by atoms with van der Waals surface area (Å²) in [7, 11) is 0. The Balaban J connectivity index is 2.15. The molecule has 0 amide bonds. The molecule has 2 saturated carbocycles. The topological polar surface area (TPSA) is 3.24 Å². The van der Waals surface area contributed by atoms with Crippen molar-refractivity contribution in [2.24, 2.45) is 0 Å². The van der Waals surface area contributed by atoms with E-state index in [9.17, 15) is 0 Å². The molecule has 2 fully saturated rings. The summed E-state index contributed by atoms with van der Waals surface area (Å²) in [6, 6.07) is 1.41. The van der Waals surface area contributed by atoms with E-state index >= 15 is 0 Å². The minimum absolute atomic E-state index is 0.705. The summed E-state index contributed by atoms with van der Waals surface area (Å²) in [5.74, 6) is 2.00. The minimum Gasteiger partial charge on any atom is -0.337 e. The van der Waals surface area contributed by atoms with Gasteiger partial charge in [-0.05, 0) is 23.7 Å². The molecule has 0 radical (unpaired) electrons. The zero-order chi connectivity index (χ0) is 13.1. The van der Waals surface area contributed by atoms with Gasteiger partial charge in [0, 0.05) is 0 Å². The van der Waals surface area contributed by atoms with Crippen LogP contribution in [0.3, 0.4) is 0 Å². The van der Waals surface area contributed by atoms with Gasteiger partial charge in [-0.25, -0.2) is 0 Å². The van der Waals surface area contributed by atoms with E-state index in [2.05, 4.69) is 32.5 Å². The van der Waals surface area contributed by atoms with Crippen molar-refractivity contribution in [1.82, 2.24) is 4.81 Å². The van der Waals surface area contributed by atoms with Crippen LogP contribution in [0.25, 0.3) is 0 Å². The first kappa shape index (κ1) is 14.4. The van der Waals surface area contributed by atoms with Crippen LogP contribution < -0.4 is 0 Å². The van der Waals surface area contributed by atoms with Crippen molar-refractivity contribution in [3.8, 4) is 0 Å². The van der Waals surface area contributed by atoms with Gasteiger partial charge in [0.2, 0.25) is 6.85 Å². The fourth-order valence-corrected chi connectivity index (χ4v) is 4.75. The molecule has 2 rings (SSSR count). The Kier molecular flexibility index (Phi) is 5.18. The zero-order valence-corrected chi connectivity index (χ0v) is 13.0. The molecular weight excluding hydrogens is 217 g/mol. The van der Waals surface area contributed by atoms with Gasteiger partial charge in [0.15, 0.2) is 0 Å². The highest BCUT2D eigenvalue weighted by molar-refractivity contribution is 6.59. The second-order valence-electron chi connectivity index (χ2n) is 7.21. The fraction of sp³-hybridized carbons (Fsp3) is 1.00. The van der Waals surface area contributed by atoms with Gasteiger partial charge in [0.1, 0.15) is 0 Å². The Morgan fingerprint density at radius 2 is 1.06 bits per heavy atom. The molecule has 0 aromatic heterocycles. The summed E-state index contributed by atoms with van der Waals surface area (Å²) in [5.41, 5.74) is 0. The lowest BCUT2D eigenvalue weighted by Crippen LogP contribution is -2.52. The van der Waals surface area contributed by atoms with Crippen LogP contribution in [-0.2, 0) is 0 Å². The fourth-order valence-electron chi connectivity index (χ4n) is 4.75. The highest BCUT2D eigenvalue weighted by Gasteiger charge is 2.42. The van der Waals surface area contributed by atoms with E-state index in [1.165, 1.54) is 51.4 Å². The van der Waals surface area contributed by atoms with Crippen LogP contribution in [0.2, 0.25) is 11.6 Å². The standard InChI is InChI=1S/C16H32BN/c1-13(2)18(14(3)4)17(15-9-5-6-10-15)16-11-7-8-12-16/h13-16H,5-12H2,1-4H3. The van der Waals surface area contributed by atoms with E-state index in [4.69, 9.17) is 0 Å². The Hall–Kier alpha value is 0.0249. The molecule has 0 heterocycles. The maximum Gasteiger partial charge on any atom is 0.230 e. The molecule has 0 bridgehead atoms. The van der Waals surface area contributed by atoms with E-state index in [1.807, 2.05) is 0 Å². The summed E-state index contributed by atoms with van der Waals surface area (Å²) < 4.78 is 0. The largest absolute Gasteiger partial charge is 0.337 e. The molecular formula is C16H32BN. The number of hydrogen-bond acceptors (Lipinski definition) is 1. The minimum atomic E-state index is 0.705.